The quantitative estimate of drug-likeness (QED) is 0.370. The Kier molecular flexibility index (Phi) is 7.82. The molecule has 3 heterocycles. The van der Waals surface area contributed by atoms with Crippen molar-refractivity contribution in [1.29, 1.82) is 5.26 Å². The van der Waals surface area contributed by atoms with Gasteiger partial charge in [0.05, 0.1) is 37.5 Å². The van der Waals surface area contributed by atoms with Crippen LogP contribution in [0, 0.1) is 11.3 Å². The number of carbonyl (C=O) groups excluding carboxylic acids is 2. The number of methoxy groups -OCH3 is 2. The average molecular weight is 582 g/mol. The van der Waals surface area contributed by atoms with E-state index in [-0.39, 0.29) is 28.8 Å². The molecule has 1 atom stereocenters. The number of ether oxygens (including phenoxy) is 2. The van der Waals surface area contributed by atoms with Gasteiger partial charge in [-0.05, 0) is 31.0 Å². The number of anilines is 2. The van der Waals surface area contributed by atoms with Gasteiger partial charge in [0.15, 0.2) is 15.3 Å². The molecular formula is C25H23N7O4S3. The van der Waals surface area contributed by atoms with E-state index in [1.807, 2.05) is 0 Å². The topological polar surface area (TPSA) is 156 Å². The van der Waals surface area contributed by atoms with E-state index in [0.717, 1.165) is 0 Å². The van der Waals surface area contributed by atoms with Crippen molar-refractivity contribution in [3.05, 3.63) is 58.0 Å². The second kappa shape index (κ2) is 11.4. The van der Waals surface area contributed by atoms with Gasteiger partial charge in [-0.15, -0.1) is 21.5 Å². The maximum atomic E-state index is 13.4. The molecule has 1 aliphatic carbocycles. The molecule has 1 aromatic carbocycles. The molecule has 3 aromatic rings. The average Bonchev–Trinajstić information content (AvgIpc) is 3.63. The lowest BCUT2D eigenvalue weighted by molar-refractivity contribution is -0.116. The van der Waals surface area contributed by atoms with Gasteiger partial charge in [-0.1, -0.05) is 23.1 Å². The molecule has 0 fully saturated rings. The van der Waals surface area contributed by atoms with Gasteiger partial charge in [-0.25, -0.2) is 4.98 Å². The van der Waals surface area contributed by atoms with Crippen LogP contribution in [0.1, 0.15) is 30.7 Å². The molecule has 1 amide bonds. The lowest BCUT2D eigenvalue weighted by Gasteiger charge is -2.38. The van der Waals surface area contributed by atoms with Crippen molar-refractivity contribution in [3.8, 4) is 17.6 Å². The number of allylic oxidation sites excluding steroid dienone is 3. The van der Waals surface area contributed by atoms with Crippen molar-refractivity contribution < 1.29 is 19.1 Å². The van der Waals surface area contributed by atoms with Crippen molar-refractivity contribution in [3.63, 3.8) is 0 Å². The predicted molar refractivity (Wildman–Crippen MR) is 149 cm³/mol. The molecule has 2 aromatic heterocycles. The monoisotopic (exact) mass is 581 g/mol. The molecule has 39 heavy (non-hydrogen) atoms. The summed E-state index contributed by atoms with van der Waals surface area (Å²) in [5.41, 5.74) is 8.66. The Morgan fingerprint density at radius 2 is 2.15 bits per heavy atom. The lowest BCUT2D eigenvalue weighted by atomic mass is 9.75. The molecular weight excluding hydrogens is 559 g/mol. The Bertz CT molecular complexity index is 1520. The molecule has 3 N–H and O–H groups in total. The Balaban J connectivity index is 1.50. The summed E-state index contributed by atoms with van der Waals surface area (Å²) in [6.45, 7) is 0. The van der Waals surface area contributed by atoms with E-state index in [9.17, 15) is 14.9 Å². The first kappa shape index (κ1) is 26.7. The summed E-state index contributed by atoms with van der Waals surface area (Å²) < 4.78 is 11.6. The third-order valence-electron chi connectivity index (χ3n) is 6.25. The van der Waals surface area contributed by atoms with Gasteiger partial charge >= 0.3 is 0 Å². The van der Waals surface area contributed by atoms with Crippen LogP contribution in [0.2, 0.25) is 0 Å². The molecule has 200 valence electrons. The zero-order valence-corrected chi connectivity index (χ0v) is 23.4. The number of thiazole rings is 1. The minimum absolute atomic E-state index is 0.0608. The smallest absolute Gasteiger partial charge is 0.236 e. The zero-order chi connectivity index (χ0) is 27.5. The van der Waals surface area contributed by atoms with Crippen LogP contribution in [-0.2, 0) is 9.59 Å². The summed E-state index contributed by atoms with van der Waals surface area (Å²) in [5, 5.41) is 24.3. The van der Waals surface area contributed by atoms with E-state index in [2.05, 4.69) is 26.6 Å². The van der Waals surface area contributed by atoms with Crippen LogP contribution in [0.5, 0.6) is 11.5 Å². The van der Waals surface area contributed by atoms with E-state index in [4.69, 9.17) is 15.2 Å². The number of nitriles is 1. The number of thioether (sulfide) groups is 1. The molecule has 5 rings (SSSR count). The summed E-state index contributed by atoms with van der Waals surface area (Å²) in [6.07, 6.45) is 3.19. The molecule has 1 unspecified atom stereocenters. The Morgan fingerprint density at radius 3 is 2.87 bits per heavy atom. The molecule has 1 aliphatic heterocycles. The van der Waals surface area contributed by atoms with Crippen LogP contribution in [0.3, 0.4) is 0 Å². The highest BCUT2D eigenvalue weighted by molar-refractivity contribution is 8.01. The fourth-order valence-corrected chi connectivity index (χ4v) is 6.83. The number of ketones is 1. The number of amides is 1. The van der Waals surface area contributed by atoms with Crippen LogP contribution in [0.25, 0.3) is 0 Å². The van der Waals surface area contributed by atoms with Gasteiger partial charge in [0.2, 0.25) is 11.0 Å². The zero-order valence-electron chi connectivity index (χ0n) is 21.0. The molecule has 11 nitrogen and oxygen atoms in total. The van der Waals surface area contributed by atoms with Crippen LogP contribution >= 0.6 is 34.4 Å². The minimum atomic E-state index is -0.713. The Labute approximate surface area is 236 Å². The van der Waals surface area contributed by atoms with Crippen molar-refractivity contribution in [2.75, 3.05) is 30.2 Å². The number of benzene rings is 1. The van der Waals surface area contributed by atoms with E-state index >= 15 is 0 Å². The summed E-state index contributed by atoms with van der Waals surface area (Å²) in [7, 11) is 3.09. The number of hydrogen-bond acceptors (Lipinski definition) is 13. The number of carbonyl (C=O) groups is 2. The van der Waals surface area contributed by atoms with Crippen molar-refractivity contribution in [2.24, 2.45) is 5.73 Å². The van der Waals surface area contributed by atoms with Crippen molar-refractivity contribution in [2.45, 2.75) is 29.5 Å². The van der Waals surface area contributed by atoms with Gasteiger partial charge in [0, 0.05) is 34.8 Å². The van der Waals surface area contributed by atoms with Gasteiger partial charge in [0.1, 0.15) is 17.3 Å². The van der Waals surface area contributed by atoms with Gasteiger partial charge in [-0.3, -0.25) is 14.5 Å². The van der Waals surface area contributed by atoms with Gasteiger partial charge in [0.25, 0.3) is 0 Å². The van der Waals surface area contributed by atoms with Crippen molar-refractivity contribution >= 4 is 56.4 Å². The van der Waals surface area contributed by atoms with E-state index in [1.54, 1.807) is 41.8 Å². The first-order chi connectivity index (χ1) is 18.9. The van der Waals surface area contributed by atoms with E-state index in [0.29, 0.717) is 62.2 Å². The summed E-state index contributed by atoms with van der Waals surface area (Å²) in [6, 6.07) is 7.51. The highest BCUT2D eigenvalue weighted by atomic mass is 32.2. The van der Waals surface area contributed by atoms with Gasteiger partial charge < -0.3 is 20.5 Å². The van der Waals surface area contributed by atoms with Crippen molar-refractivity contribution in [1.82, 2.24) is 15.2 Å². The molecule has 2 aliphatic rings. The summed E-state index contributed by atoms with van der Waals surface area (Å²) in [4.78, 5) is 31.4. The van der Waals surface area contributed by atoms with Crippen LogP contribution in [-0.4, -0.2) is 46.8 Å². The largest absolute Gasteiger partial charge is 0.497 e. The third kappa shape index (κ3) is 5.20. The molecule has 0 saturated heterocycles. The normalized spacial score (nSPS) is 17.1. The second-order valence-corrected chi connectivity index (χ2v) is 11.5. The number of Topliss-reactive ketones (excluding diaryl/α,β-unsaturated/α-hetero) is 1. The fraction of sp³-hybridized carbons (Fsp3) is 0.280. The summed E-state index contributed by atoms with van der Waals surface area (Å²) >= 11 is 3.80. The van der Waals surface area contributed by atoms with E-state index in [1.165, 1.54) is 41.5 Å². The van der Waals surface area contributed by atoms with Crippen LogP contribution in [0.4, 0.5) is 10.3 Å². The van der Waals surface area contributed by atoms with Gasteiger partial charge in [-0.2, -0.15) is 5.26 Å². The molecule has 14 heteroatoms. The first-order valence-corrected chi connectivity index (χ1v) is 14.5. The second-order valence-electron chi connectivity index (χ2n) is 8.45. The third-order valence-corrected chi connectivity index (χ3v) is 8.98. The standard InChI is InChI=1S/C25H23N7O4S3/c1-35-13-6-7-18(36-2)14(10-13)20-15(11-26)22(27)32(16-4-3-5-17(33)21(16)20)24-30-31-25(39-24)38-12-19(34)29-23-28-8-9-37-23/h6-10,20H,3-5,12,27H2,1-2H3,(H,28,29,34). The SMILES string of the molecule is COc1ccc(OC)c(C2C(C#N)=C(N)N(c3nnc(SCC(=O)Nc4nccs4)s3)C3=C2C(=O)CCC3)c1. The van der Waals surface area contributed by atoms with Crippen LogP contribution < -0.4 is 25.4 Å². The highest BCUT2D eigenvalue weighted by Crippen LogP contribution is 2.49. The number of nitrogens with one attached hydrogen (secondary N) is 1. The number of hydrogen-bond donors (Lipinski definition) is 2. The molecule has 0 radical (unpaired) electrons. The maximum Gasteiger partial charge on any atom is 0.236 e. The Morgan fingerprint density at radius 1 is 1.31 bits per heavy atom. The summed E-state index contributed by atoms with van der Waals surface area (Å²) in [5.74, 6) is 0.395. The molecule has 0 saturated carbocycles. The first-order valence-electron chi connectivity index (χ1n) is 11.8. The highest BCUT2D eigenvalue weighted by Gasteiger charge is 2.42. The molecule has 0 bridgehead atoms. The van der Waals surface area contributed by atoms with Crippen LogP contribution in [0.15, 0.2) is 56.8 Å². The minimum Gasteiger partial charge on any atom is -0.497 e. The number of nitrogens with two attached hydrogens (primary N) is 1. The number of aromatic nitrogens is 3. The number of rotatable bonds is 8. The molecule has 0 spiro atoms. The lowest BCUT2D eigenvalue weighted by Crippen LogP contribution is -2.38. The fourth-order valence-electron chi connectivity index (χ4n) is 4.60. The Hall–Kier alpha value is -3.93. The number of nitrogens with zero attached hydrogens (tertiary/aromatic N) is 5. The predicted octanol–water partition coefficient (Wildman–Crippen LogP) is 4.05. The maximum absolute atomic E-state index is 13.4. The van der Waals surface area contributed by atoms with E-state index < -0.39 is 5.92 Å².